The summed E-state index contributed by atoms with van der Waals surface area (Å²) in [6.45, 7) is 7.92. The molecule has 1 aromatic carbocycles. The van der Waals surface area contributed by atoms with E-state index in [2.05, 4.69) is 23.7 Å². The third-order valence-electron chi connectivity index (χ3n) is 7.10. The summed E-state index contributed by atoms with van der Waals surface area (Å²) in [6, 6.07) is 6.72. The van der Waals surface area contributed by atoms with E-state index in [9.17, 15) is 10.1 Å². The Kier molecular flexibility index (Phi) is 6.05. The van der Waals surface area contributed by atoms with E-state index in [1.54, 1.807) is 41.6 Å². The highest BCUT2D eigenvalue weighted by molar-refractivity contribution is 7.98. The predicted molar refractivity (Wildman–Crippen MR) is 144 cm³/mol. The molecule has 0 radical (unpaired) electrons. The molecule has 0 saturated carbocycles. The van der Waals surface area contributed by atoms with Crippen molar-refractivity contribution in [2.24, 2.45) is 5.41 Å². The number of fused-ring (bicyclic) bond motifs is 5. The van der Waals surface area contributed by atoms with Crippen molar-refractivity contribution in [3.8, 4) is 0 Å². The number of hydrogen-bond acceptors (Lipinski definition) is 9. The maximum atomic E-state index is 11.0. The van der Waals surface area contributed by atoms with Gasteiger partial charge in [0.2, 0.25) is 0 Å². The van der Waals surface area contributed by atoms with Crippen molar-refractivity contribution in [1.29, 1.82) is 0 Å². The molecule has 36 heavy (non-hydrogen) atoms. The van der Waals surface area contributed by atoms with Crippen LogP contribution in [-0.2, 0) is 23.3 Å². The molecule has 1 aliphatic heterocycles. The van der Waals surface area contributed by atoms with Crippen LogP contribution in [0.3, 0.4) is 0 Å². The Morgan fingerprint density at radius 2 is 1.94 bits per heavy atom. The van der Waals surface area contributed by atoms with Gasteiger partial charge in [0.05, 0.1) is 28.4 Å². The summed E-state index contributed by atoms with van der Waals surface area (Å²) >= 11 is 3.31. The maximum absolute atomic E-state index is 11.0. The molecule has 3 aromatic heterocycles. The Balaban J connectivity index is 1.42. The summed E-state index contributed by atoms with van der Waals surface area (Å²) in [6.07, 6.45) is 4.85. The summed E-state index contributed by atoms with van der Waals surface area (Å²) in [5.74, 6) is 1.80. The first-order chi connectivity index (χ1) is 17.4. The number of thioether (sulfide) groups is 1. The zero-order valence-electron chi connectivity index (χ0n) is 20.3. The van der Waals surface area contributed by atoms with Gasteiger partial charge in [-0.3, -0.25) is 10.1 Å². The van der Waals surface area contributed by atoms with Gasteiger partial charge in [-0.05, 0) is 41.4 Å². The molecule has 1 saturated heterocycles. The van der Waals surface area contributed by atoms with Crippen molar-refractivity contribution in [3.63, 3.8) is 0 Å². The van der Waals surface area contributed by atoms with Gasteiger partial charge in [0, 0.05) is 36.4 Å². The molecule has 0 amide bonds. The van der Waals surface area contributed by atoms with Crippen LogP contribution in [0.25, 0.3) is 20.4 Å². The third kappa shape index (κ3) is 4.31. The molecule has 0 N–H and O–H groups in total. The highest BCUT2D eigenvalue weighted by Crippen LogP contribution is 2.46. The SMILES string of the molecule is CC1(C)CCc2c(N3CCOCC3)nc3sc4c(SCc5ccc([N+](=O)[O-])cc5)ncnc4c3c2C1. The standard InChI is InChI=1S/C26H27N5O3S2/c1-26(2)8-7-18-19(13-26)20-21-22(36-24(20)29-23(18)30-9-11-34-12-10-30)25(28-15-27-21)35-14-16-3-5-17(6-4-16)31(32)33/h3-6,15H,7-14H2,1-2H3. The van der Waals surface area contributed by atoms with Gasteiger partial charge >= 0.3 is 0 Å². The quantitative estimate of drug-likeness (QED) is 0.141. The summed E-state index contributed by atoms with van der Waals surface area (Å²) in [5.41, 5.74) is 5.12. The number of benzene rings is 1. The highest BCUT2D eigenvalue weighted by Gasteiger charge is 2.32. The van der Waals surface area contributed by atoms with Crippen molar-refractivity contribution in [1.82, 2.24) is 15.0 Å². The molecule has 10 heteroatoms. The number of thiophene rings is 1. The van der Waals surface area contributed by atoms with Crippen LogP contribution in [0.5, 0.6) is 0 Å². The van der Waals surface area contributed by atoms with Crippen LogP contribution in [0, 0.1) is 15.5 Å². The smallest absolute Gasteiger partial charge is 0.269 e. The number of rotatable bonds is 5. The van der Waals surface area contributed by atoms with E-state index in [-0.39, 0.29) is 16.0 Å². The molecule has 1 aliphatic carbocycles. The molecule has 1 fully saturated rings. The van der Waals surface area contributed by atoms with Crippen LogP contribution in [0.1, 0.15) is 37.0 Å². The lowest BCUT2D eigenvalue weighted by Crippen LogP contribution is -2.38. The summed E-state index contributed by atoms with van der Waals surface area (Å²) < 4.78 is 6.68. The lowest BCUT2D eigenvalue weighted by molar-refractivity contribution is -0.384. The van der Waals surface area contributed by atoms with Gasteiger partial charge < -0.3 is 9.64 Å². The summed E-state index contributed by atoms with van der Waals surface area (Å²) in [5, 5.41) is 13.1. The number of morpholine rings is 1. The minimum absolute atomic E-state index is 0.104. The Labute approximate surface area is 217 Å². The van der Waals surface area contributed by atoms with Gasteiger partial charge in [0.1, 0.15) is 22.0 Å². The third-order valence-corrected chi connectivity index (χ3v) is 9.37. The van der Waals surface area contributed by atoms with Gasteiger partial charge in [-0.2, -0.15) is 0 Å². The number of hydrogen-bond donors (Lipinski definition) is 0. The first-order valence-corrected chi connectivity index (χ1v) is 14.0. The minimum atomic E-state index is -0.373. The molecular weight excluding hydrogens is 494 g/mol. The Morgan fingerprint density at radius 3 is 2.69 bits per heavy atom. The monoisotopic (exact) mass is 521 g/mol. The molecule has 4 aromatic rings. The van der Waals surface area contributed by atoms with Gasteiger partial charge in [-0.15, -0.1) is 23.1 Å². The number of nitro groups is 1. The molecule has 0 atom stereocenters. The number of pyridine rings is 1. The summed E-state index contributed by atoms with van der Waals surface area (Å²) in [4.78, 5) is 28.6. The van der Waals surface area contributed by atoms with Crippen LogP contribution in [0.2, 0.25) is 0 Å². The Morgan fingerprint density at radius 1 is 1.17 bits per heavy atom. The molecule has 0 unspecified atom stereocenters. The lowest BCUT2D eigenvalue weighted by Gasteiger charge is -2.36. The molecule has 4 heterocycles. The second kappa shape index (κ2) is 9.24. The number of aromatic nitrogens is 3. The number of non-ortho nitro benzene ring substituents is 1. The van der Waals surface area contributed by atoms with E-state index in [4.69, 9.17) is 14.7 Å². The highest BCUT2D eigenvalue weighted by atomic mass is 32.2. The fourth-order valence-corrected chi connectivity index (χ4v) is 7.36. The van der Waals surface area contributed by atoms with Crippen LogP contribution in [0.4, 0.5) is 11.5 Å². The number of nitrogens with zero attached hydrogens (tertiary/aromatic N) is 5. The van der Waals surface area contributed by atoms with Gasteiger partial charge in [0.25, 0.3) is 5.69 Å². The molecule has 6 rings (SSSR count). The zero-order valence-corrected chi connectivity index (χ0v) is 22.0. The number of ether oxygens (including phenoxy) is 1. The minimum Gasteiger partial charge on any atom is -0.378 e. The van der Waals surface area contributed by atoms with E-state index in [1.165, 1.54) is 16.5 Å². The fourth-order valence-electron chi connectivity index (χ4n) is 5.17. The Bertz CT molecular complexity index is 1460. The van der Waals surface area contributed by atoms with Crippen molar-refractivity contribution < 1.29 is 9.66 Å². The van der Waals surface area contributed by atoms with E-state index in [0.29, 0.717) is 5.75 Å². The van der Waals surface area contributed by atoms with Crippen molar-refractivity contribution in [3.05, 3.63) is 57.4 Å². The average Bonchev–Trinajstić information content (AvgIpc) is 3.26. The second-order valence-corrected chi connectivity index (χ2v) is 12.1. The van der Waals surface area contributed by atoms with Crippen LogP contribution in [-0.4, -0.2) is 46.2 Å². The topological polar surface area (TPSA) is 94.3 Å². The zero-order chi connectivity index (χ0) is 24.9. The van der Waals surface area contributed by atoms with Crippen molar-refractivity contribution in [2.45, 2.75) is 43.9 Å². The largest absolute Gasteiger partial charge is 0.378 e. The van der Waals surface area contributed by atoms with Gasteiger partial charge in [0.15, 0.2) is 0 Å². The first-order valence-electron chi connectivity index (χ1n) is 12.2. The van der Waals surface area contributed by atoms with E-state index < -0.39 is 0 Å². The lowest BCUT2D eigenvalue weighted by atomic mass is 9.73. The van der Waals surface area contributed by atoms with Crippen LogP contribution < -0.4 is 4.90 Å². The Hall–Kier alpha value is -2.82. The van der Waals surface area contributed by atoms with Crippen molar-refractivity contribution >= 4 is 55.0 Å². The van der Waals surface area contributed by atoms with Gasteiger partial charge in [-0.1, -0.05) is 26.0 Å². The normalized spacial score (nSPS) is 17.4. The van der Waals surface area contributed by atoms with Crippen LogP contribution >= 0.6 is 23.1 Å². The first kappa shape index (κ1) is 23.6. The fraction of sp³-hybridized carbons (Fsp3) is 0.423. The summed E-state index contributed by atoms with van der Waals surface area (Å²) in [7, 11) is 0. The van der Waals surface area contributed by atoms with Crippen molar-refractivity contribution in [2.75, 3.05) is 31.2 Å². The predicted octanol–water partition coefficient (Wildman–Crippen LogP) is 5.79. The number of nitro benzene ring substituents is 1. The molecular formula is C26H27N5O3S2. The second-order valence-electron chi connectivity index (χ2n) is 10.2. The molecule has 0 spiro atoms. The van der Waals surface area contributed by atoms with Gasteiger partial charge in [-0.25, -0.2) is 15.0 Å². The van der Waals surface area contributed by atoms with E-state index in [1.807, 2.05) is 12.1 Å². The molecule has 186 valence electrons. The van der Waals surface area contributed by atoms with E-state index in [0.717, 1.165) is 77.0 Å². The van der Waals surface area contributed by atoms with E-state index >= 15 is 0 Å². The molecule has 8 nitrogen and oxygen atoms in total. The number of anilines is 1. The van der Waals surface area contributed by atoms with Crippen LogP contribution in [0.15, 0.2) is 35.6 Å². The molecule has 2 aliphatic rings. The average molecular weight is 522 g/mol. The molecule has 0 bridgehead atoms. The maximum Gasteiger partial charge on any atom is 0.269 e.